The van der Waals surface area contributed by atoms with Crippen molar-refractivity contribution in [2.75, 3.05) is 99.3 Å². The highest BCUT2D eigenvalue weighted by molar-refractivity contribution is 7.93. The van der Waals surface area contributed by atoms with Gasteiger partial charge in [0.05, 0.1) is 50.3 Å². The van der Waals surface area contributed by atoms with Crippen molar-refractivity contribution in [3.05, 3.63) is 239 Å². The Morgan fingerprint density at radius 2 is 0.985 bits per heavy atom. The molecule has 0 bridgehead atoms. The Kier molecular flexibility index (Phi) is 29.6. The first-order valence-corrected chi connectivity index (χ1v) is 54.2. The lowest BCUT2D eigenvalue weighted by Crippen LogP contribution is -2.47. The summed E-state index contributed by atoms with van der Waals surface area (Å²) in [4.78, 5) is 79.1. The van der Waals surface area contributed by atoms with Gasteiger partial charge in [-0.15, -0.1) is 0 Å². The number of aromatic amines is 2. The minimum Gasteiger partial charge on any atom is -0.455 e. The van der Waals surface area contributed by atoms with Gasteiger partial charge in [-0.3, -0.25) is 48.8 Å². The number of benzene rings is 5. The van der Waals surface area contributed by atoms with Crippen molar-refractivity contribution in [2.24, 2.45) is 31.4 Å². The van der Waals surface area contributed by atoms with E-state index in [4.69, 9.17) is 37.0 Å². The van der Waals surface area contributed by atoms with Gasteiger partial charge in [-0.2, -0.15) is 0 Å². The molecule has 5 aromatic carbocycles. The smallest absolute Gasteiger partial charge is 0.292 e. The normalized spacial score (nSPS) is 20.2. The summed E-state index contributed by atoms with van der Waals surface area (Å²) in [5.41, 5.74) is 11.3. The van der Waals surface area contributed by atoms with Crippen LogP contribution in [0.4, 0.5) is 22.7 Å². The van der Waals surface area contributed by atoms with Crippen LogP contribution in [0.1, 0.15) is 186 Å². The molecule has 0 spiro atoms. The van der Waals surface area contributed by atoms with Gasteiger partial charge in [0, 0.05) is 190 Å². The molecule has 4 N–H and O–H groups in total. The Labute approximate surface area is 794 Å². The van der Waals surface area contributed by atoms with Crippen LogP contribution in [-0.4, -0.2) is 183 Å². The van der Waals surface area contributed by atoms with Crippen molar-refractivity contribution in [1.29, 1.82) is 0 Å². The van der Waals surface area contributed by atoms with Crippen LogP contribution in [0.5, 0.6) is 23.0 Å². The molecule has 29 nitrogen and oxygen atoms in total. The minimum absolute atomic E-state index is 0.0317. The fourth-order valence-corrected chi connectivity index (χ4v) is 25.3. The molecule has 4 aliphatic carbocycles. The van der Waals surface area contributed by atoms with E-state index in [0.29, 0.717) is 78.1 Å². The number of fused-ring (bicyclic) bond motifs is 2. The summed E-state index contributed by atoms with van der Waals surface area (Å²) in [6.45, 7) is 17.2. The summed E-state index contributed by atoms with van der Waals surface area (Å²) < 4.78 is 106. The number of aromatic nitrogens is 5. The summed E-state index contributed by atoms with van der Waals surface area (Å²) in [6.07, 6.45) is 28.0. The average Bonchev–Trinajstić information content (AvgIpc) is 1.18. The van der Waals surface area contributed by atoms with Crippen LogP contribution >= 0.6 is 23.2 Å². The Morgan fingerprint density at radius 1 is 0.537 bits per heavy atom. The zero-order valence-corrected chi connectivity index (χ0v) is 81.3. The molecule has 3 saturated heterocycles. The Balaban J connectivity index is 0.000000195. The number of hydrogen-bond acceptors (Lipinski definition) is 23. The standard InChI is InChI=1S/C51H60ClN7O7S2.C48H57ClN8O7S2/c1-51(2)21-19-39(46(32-51)36-9-12-40(52)13-10-36)34-57-23-25-58(26-24-57)42-16-18-45(48(30-42)66-43-29-38-20-22-53-49(38)54-33-43)50(60)56-68(64,65)44-17-11-37(47(31-44)59(61)62)8-5-35-6-14-41(15-7-35)55-67(63)27-3-4-28-67;1-48(2)19-17-35(42(28-48)33-8-10-36(49)11-9-33)31-55-21-23-56(24-22-55)38-14-15-41(45(26-38)64-39-25-34-18-20-50-46(34)52-29-39)47(58)54-66(62,63)40-27-44(57(59)60)43(51-30-40)16-7-32-5-12-37(13-6-32)53-65(3,4)61/h9-13,16-18,20,22,29-31,33,35,41H,3-8,14-15,19,21,23-28,32,34H2,1-2H3,(H,53,54)(H,56,60);8-11,14-15,18,20,25-27,29-30,32,37H,5-7,12-13,16-17,19,21-24,28,31H2,1-4H3,(H,50,52)(H,54,58). The Morgan fingerprint density at radius 3 is 1.45 bits per heavy atom. The van der Waals surface area contributed by atoms with E-state index in [1.807, 2.05) is 36.4 Å². The highest BCUT2D eigenvalue weighted by Crippen LogP contribution is 2.47. The highest BCUT2D eigenvalue weighted by Gasteiger charge is 2.36. The number of aryl methyl sites for hydroxylation is 2. The number of piperazine rings is 2. The van der Waals surface area contributed by atoms with Crippen LogP contribution < -0.4 is 28.7 Å². The quantitative estimate of drug-likeness (QED) is 0.0261. The van der Waals surface area contributed by atoms with Crippen LogP contribution in [0.25, 0.3) is 33.2 Å². The topological polar surface area (TPSA) is 373 Å². The third kappa shape index (κ3) is 24.4. The second-order valence-electron chi connectivity index (χ2n) is 38.6. The summed E-state index contributed by atoms with van der Waals surface area (Å²) in [5, 5.41) is 27.6. The molecule has 710 valence electrons. The van der Waals surface area contributed by atoms with E-state index in [1.165, 1.54) is 64.0 Å². The molecule has 17 rings (SSSR count). The monoisotopic (exact) mass is 1940 g/mol. The first kappa shape index (κ1) is 96.5. The van der Waals surface area contributed by atoms with Crippen LogP contribution in [0.2, 0.25) is 10.0 Å². The molecule has 8 heterocycles. The number of hydrogen-bond donors (Lipinski definition) is 4. The number of amides is 2. The predicted octanol–water partition coefficient (Wildman–Crippen LogP) is 20.0. The zero-order valence-electron chi connectivity index (χ0n) is 76.5. The fourth-order valence-electron chi connectivity index (χ4n) is 19.8. The maximum atomic E-state index is 14.0. The highest BCUT2D eigenvalue weighted by atomic mass is 35.5. The number of carbonyl (C=O) groups excluding carboxylic acids is 2. The molecule has 5 fully saturated rings. The Hall–Kier alpha value is -10.7. The number of pyridine rings is 3. The van der Waals surface area contributed by atoms with E-state index in [1.54, 1.807) is 67.4 Å². The van der Waals surface area contributed by atoms with Crippen molar-refractivity contribution >= 4 is 130 Å². The summed E-state index contributed by atoms with van der Waals surface area (Å²) >= 11 is 12.5. The van der Waals surface area contributed by atoms with E-state index >= 15 is 0 Å². The first-order chi connectivity index (χ1) is 64.0. The number of nitro groups is 2. The SMILES string of the molecule is CC1(C)CCC(CN2CCN(c3ccc(C(=O)NS(=O)(=O)c4ccc(CCC5CCC(N=S6(=O)CCCC6)CC5)c([N+](=O)[O-])c4)c(Oc4cnc5[nH]ccc5c4)c3)CC2)=C(c2ccc(Cl)cc2)C1.CC1(C)CCC(CN2CCN(c3ccc(C(=O)NS(=O)(=O)c4cnc(CCC5CCC(N=S(C)(C)=O)CC5)c([N+](=O)[O-])c4)c(Oc4cnc5[nH]ccc5c4)c3)CC2)=C(c2ccc(Cl)cc2)C1. The maximum Gasteiger partial charge on any atom is 0.292 e. The lowest BCUT2D eigenvalue weighted by Gasteiger charge is -2.39. The molecule has 5 aromatic heterocycles. The molecule has 0 unspecified atom stereocenters. The number of ether oxygens (including phenoxy) is 2. The summed E-state index contributed by atoms with van der Waals surface area (Å²) in [6, 6.07) is 38.6. The number of anilines is 2. The molecular formula is C99H117Cl2N15O14S4. The van der Waals surface area contributed by atoms with Gasteiger partial charge in [-0.1, -0.05) is 92.4 Å². The number of sulfonamides is 2. The van der Waals surface area contributed by atoms with Crippen molar-refractivity contribution in [2.45, 2.75) is 178 Å². The molecule has 7 aliphatic rings. The second kappa shape index (κ2) is 41.1. The minimum atomic E-state index is -4.63. The van der Waals surface area contributed by atoms with E-state index in [2.05, 4.69) is 110 Å². The number of halogens is 2. The molecule has 2 amide bonds. The van der Waals surface area contributed by atoms with Crippen LogP contribution in [0, 0.1) is 42.9 Å². The lowest BCUT2D eigenvalue weighted by molar-refractivity contribution is -0.386. The van der Waals surface area contributed by atoms with Gasteiger partial charge in [-0.05, 0) is 252 Å². The van der Waals surface area contributed by atoms with Crippen molar-refractivity contribution in [3.8, 4) is 23.0 Å². The number of nitrogens with one attached hydrogen (secondary N) is 4. The number of H-pyrrole nitrogens is 2. The fraction of sp³-hybridized carbons (Fsp3) is 0.444. The van der Waals surface area contributed by atoms with Gasteiger partial charge in [0.1, 0.15) is 44.9 Å². The molecule has 0 atom stereocenters. The van der Waals surface area contributed by atoms with Gasteiger partial charge in [0.2, 0.25) is 0 Å². The Bertz CT molecular complexity index is 6630. The van der Waals surface area contributed by atoms with Crippen LogP contribution in [0.3, 0.4) is 0 Å². The van der Waals surface area contributed by atoms with E-state index in [-0.39, 0.29) is 69.3 Å². The molecule has 3 aliphatic heterocycles. The zero-order chi connectivity index (χ0) is 94.4. The molecule has 134 heavy (non-hydrogen) atoms. The van der Waals surface area contributed by atoms with E-state index in [0.717, 1.165) is 206 Å². The number of nitro benzene ring substituents is 1. The average molecular weight is 1940 g/mol. The third-order valence-electron chi connectivity index (χ3n) is 27.3. The number of allylic oxidation sites excluding steroid dienone is 2. The van der Waals surface area contributed by atoms with E-state index in [9.17, 15) is 55.1 Å². The van der Waals surface area contributed by atoms with Crippen molar-refractivity contribution in [3.63, 3.8) is 0 Å². The third-order valence-corrected chi connectivity index (χ3v) is 33.8. The van der Waals surface area contributed by atoms with Gasteiger partial charge < -0.3 is 29.2 Å². The lowest BCUT2D eigenvalue weighted by atomic mass is 9.72. The largest absolute Gasteiger partial charge is 0.455 e. The number of carbonyl (C=O) groups is 2. The van der Waals surface area contributed by atoms with Crippen molar-refractivity contribution in [1.82, 2.24) is 44.2 Å². The van der Waals surface area contributed by atoms with Crippen LogP contribution in [-0.2, 0) is 52.3 Å². The maximum absolute atomic E-state index is 14.0. The molecule has 35 heteroatoms. The van der Waals surface area contributed by atoms with Crippen molar-refractivity contribution < 1.29 is 54.2 Å². The molecule has 0 radical (unpaired) electrons. The summed E-state index contributed by atoms with van der Waals surface area (Å²) in [5.74, 6) is 1.03. The number of nitrogens with zero attached hydrogens (tertiary/aromatic N) is 11. The van der Waals surface area contributed by atoms with Gasteiger partial charge in [-0.25, -0.2) is 49.2 Å². The van der Waals surface area contributed by atoms with Gasteiger partial charge >= 0.3 is 0 Å². The second-order valence-corrected chi connectivity index (χ2v) is 48.0. The molecule has 2 saturated carbocycles. The van der Waals surface area contributed by atoms with Crippen LogP contribution in [0.15, 0.2) is 194 Å². The van der Waals surface area contributed by atoms with Gasteiger partial charge in [0.25, 0.3) is 43.2 Å². The van der Waals surface area contributed by atoms with Gasteiger partial charge in [0.15, 0.2) is 0 Å². The number of rotatable bonds is 28. The summed E-state index contributed by atoms with van der Waals surface area (Å²) in [7, 11) is -13.4. The first-order valence-electron chi connectivity index (χ1n) is 46.3. The molecular weight excluding hydrogens is 1820 g/mol. The predicted molar refractivity (Wildman–Crippen MR) is 528 cm³/mol. The molecule has 10 aromatic rings. The van der Waals surface area contributed by atoms with E-state index < -0.39 is 76.6 Å².